The highest BCUT2D eigenvalue weighted by Crippen LogP contribution is 2.20. The first-order valence-corrected chi connectivity index (χ1v) is 6.96. The summed E-state index contributed by atoms with van der Waals surface area (Å²) in [6, 6.07) is 5.10. The van der Waals surface area contributed by atoms with Crippen LogP contribution >= 0.6 is 0 Å². The van der Waals surface area contributed by atoms with Gasteiger partial charge >= 0.3 is 6.03 Å². The molecule has 1 aliphatic heterocycles. The van der Waals surface area contributed by atoms with E-state index >= 15 is 0 Å². The van der Waals surface area contributed by atoms with Crippen LogP contribution in [0.1, 0.15) is 13.8 Å². The minimum atomic E-state index is -1.35. The number of anilines is 1. The summed E-state index contributed by atoms with van der Waals surface area (Å²) < 4.78 is 0. The molecule has 1 aliphatic rings. The number of urea groups is 1. The first-order chi connectivity index (χ1) is 10.5. The summed E-state index contributed by atoms with van der Waals surface area (Å²) in [6.45, 7) is 5.93. The van der Waals surface area contributed by atoms with E-state index in [0.29, 0.717) is 5.69 Å². The van der Waals surface area contributed by atoms with Crippen LogP contribution in [-0.4, -0.2) is 37.0 Å². The number of nitrogens with one attached hydrogen (secondary N) is 2. The van der Waals surface area contributed by atoms with E-state index in [2.05, 4.69) is 29.0 Å². The Labute approximate surface area is 127 Å². The highest BCUT2D eigenvalue weighted by atomic mass is 16.2. The molecular weight excluding hydrogens is 286 g/mol. The number of benzene rings is 1. The largest absolute Gasteiger partial charge is 0.372 e. The van der Waals surface area contributed by atoms with Crippen molar-refractivity contribution in [1.82, 2.24) is 10.6 Å². The van der Waals surface area contributed by atoms with Crippen molar-refractivity contribution in [1.29, 1.82) is 0 Å². The van der Waals surface area contributed by atoms with E-state index in [9.17, 15) is 14.4 Å². The Hall–Kier alpha value is -2.77. The summed E-state index contributed by atoms with van der Waals surface area (Å²) in [5.41, 5.74) is 1.58. The number of amides is 4. The smallest absolute Gasteiger partial charge is 0.328 e. The molecule has 0 aromatic heterocycles. The van der Waals surface area contributed by atoms with Crippen molar-refractivity contribution in [3.8, 4) is 0 Å². The minimum absolute atomic E-state index is 0.522. The second-order valence-corrected chi connectivity index (χ2v) is 4.61. The normalized spacial score (nSPS) is 15.8. The molecule has 1 aromatic carbocycles. The van der Waals surface area contributed by atoms with Gasteiger partial charge in [0.25, 0.3) is 11.8 Å². The van der Waals surface area contributed by atoms with E-state index in [0.717, 1.165) is 18.8 Å². The SMILES string of the molecule is CCN(CC)c1ccc(N=NC2C(=O)NC(=O)NC2=O)cc1. The first-order valence-electron chi connectivity index (χ1n) is 6.96. The number of azo groups is 1. The molecule has 2 N–H and O–H groups in total. The predicted molar refractivity (Wildman–Crippen MR) is 80.0 cm³/mol. The summed E-state index contributed by atoms with van der Waals surface area (Å²) in [4.78, 5) is 36.1. The first kappa shape index (κ1) is 15.6. The van der Waals surface area contributed by atoms with Crippen LogP contribution in [0.3, 0.4) is 0 Å². The Bertz CT molecular complexity index is 587. The van der Waals surface area contributed by atoms with Crippen molar-refractivity contribution in [2.45, 2.75) is 19.9 Å². The Balaban J connectivity index is 2.08. The van der Waals surface area contributed by atoms with E-state index in [-0.39, 0.29) is 0 Å². The molecule has 22 heavy (non-hydrogen) atoms. The Morgan fingerprint density at radius 2 is 1.55 bits per heavy atom. The van der Waals surface area contributed by atoms with Gasteiger partial charge in [-0.25, -0.2) is 4.79 Å². The van der Waals surface area contributed by atoms with Crippen molar-refractivity contribution < 1.29 is 14.4 Å². The molecule has 1 aromatic rings. The third-order valence-corrected chi connectivity index (χ3v) is 3.24. The molecule has 0 unspecified atom stereocenters. The zero-order valence-electron chi connectivity index (χ0n) is 12.4. The van der Waals surface area contributed by atoms with E-state index in [1.165, 1.54) is 0 Å². The lowest BCUT2D eigenvalue weighted by molar-refractivity contribution is -0.131. The number of rotatable bonds is 5. The molecule has 2 rings (SSSR count). The molecule has 0 spiro atoms. The molecule has 1 fully saturated rings. The lowest BCUT2D eigenvalue weighted by Gasteiger charge is -2.20. The zero-order valence-corrected chi connectivity index (χ0v) is 12.4. The molecule has 0 saturated carbocycles. The van der Waals surface area contributed by atoms with E-state index in [1.807, 2.05) is 22.8 Å². The van der Waals surface area contributed by atoms with Gasteiger partial charge in [-0.05, 0) is 38.1 Å². The quantitative estimate of drug-likeness (QED) is 0.633. The lowest BCUT2D eigenvalue weighted by atomic mass is 10.2. The van der Waals surface area contributed by atoms with Gasteiger partial charge in [0.15, 0.2) is 0 Å². The summed E-state index contributed by atoms with van der Waals surface area (Å²) in [5.74, 6) is -1.56. The van der Waals surface area contributed by atoms with E-state index in [4.69, 9.17) is 0 Å². The van der Waals surface area contributed by atoms with Crippen LogP contribution in [0.5, 0.6) is 0 Å². The van der Waals surface area contributed by atoms with Gasteiger partial charge in [-0.1, -0.05) is 0 Å². The van der Waals surface area contributed by atoms with Gasteiger partial charge in [-0.15, -0.1) is 0 Å². The fourth-order valence-corrected chi connectivity index (χ4v) is 2.06. The second-order valence-electron chi connectivity index (χ2n) is 4.61. The number of hydrogen-bond donors (Lipinski definition) is 2. The number of carbonyl (C=O) groups is 3. The van der Waals surface area contributed by atoms with Crippen molar-refractivity contribution in [3.63, 3.8) is 0 Å². The van der Waals surface area contributed by atoms with Gasteiger partial charge < -0.3 is 4.90 Å². The Morgan fingerprint density at radius 1 is 1.00 bits per heavy atom. The van der Waals surface area contributed by atoms with Gasteiger partial charge in [0.1, 0.15) is 0 Å². The molecule has 0 atom stereocenters. The molecule has 4 amide bonds. The van der Waals surface area contributed by atoms with Gasteiger partial charge in [0.05, 0.1) is 5.69 Å². The highest BCUT2D eigenvalue weighted by Gasteiger charge is 2.34. The third kappa shape index (κ3) is 3.46. The van der Waals surface area contributed by atoms with Gasteiger partial charge in [0.2, 0.25) is 6.04 Å². The number of imide groups is 2. The molecule has 0 aliphatic carbocycles. The Kier molecular flexibility index (Phi) is 4.82. The molecule has 1 saturated heterocycles. The lowest BCUT2D eigenvalue weighted by Crippen LogP contribution is -2.57. The van der Waals surface area contributed by atoms with E-state index in [1.54, 1.807) is 12.1 Å². The number of hydrogen-bond acceptors (Lipinski definition) is 6. The standard InChI is InChI=1S/C14H17N5O3/c1-3-19(4-2)10-7-5-9(6-8-10)17-18-11-12(20)15-14(22)16-13(11)21/h5-8,11H,3-4H2,1-2H3,(H2,15,16,20,21,22). The van der Waals surface area contributed by atoms with Crippen LogP contribution in [0.4, 0.5) is 16.2 Å². The topological polar surface area (TPSA) is 103 Å². The molecule has 0 bridgehead atoms. The van der Waals surface area contributed by atoms with Crippen molar-refractivity contribution in [3.05, 3.63) is 24.3 Å². The van der Waals surface area contributed by atoms with Gasteiger partial charge in [-0.2, -0.15) is 10.2 Å². The number of barbiturate groups is 1. The number of carbonyl (C=O) groups excluding carboxylic acids is 3. The van der Waals surface area contributed by atoms with Crippen LogP contribution in [0, 0.1) is 0 Å². The van der Waals surface area contributed by atoms with Crippen molar-refractivity contribution >= 4 is 29.2 Å². The van der Waals surface area contributed by atoms with Crippen LogP contribution in [0.15, 0.2) is 34.5 Å². The summed E-state index contributed by atoms with van der Waals surface area (Å²) in [7, 11) is 0. The molecular formula is C14H17N5O3. The van der Waals surface area contributed by atoms with Crippen molar-refractivity contribution in [2.75, 3.05) is 18.0 Å². The maximum absolute atomic E-state index is 11.5. The molecule has 1 heterocycles. The fourth-order valence-electron chi connectivity index (χ4n) is 2.06. The van der Waals surface area contributed by atoms with Crippen LogP contribution < -0.4 is 15.5 Å². The average molecular weight is 303 g/mol. The fraction of sp³-hybridized carbons (Fsp3) is 0.357. The summed E-state index contributed by atoms with van der Waals surface area (Å²) >= 11 is 0. The molecule has 8 heteroatoms. The summed E-state index contributed by atoms with van der Waals surface area (Å²) in [5, 5.41) is 11.5. The Morgan fingerprint density at radius 3 is 2.05 bits per heavy atom. The molecule has 0 radical (unpaired) electrons. The minimum Gasteiger partial charge on any atom is -0.372 e. The van der Waals surface area contributed by atoms with Crippen molar-refractivity contribution in [2.24, 2.45) is 10.2 Å². The van der Waals surface area contributed by atoms with Crippen LogP contribution in [-0.2, 0) is 9.59 Å². The van der Waals surface area contributed by atoms with Crippen LogP contribution in [0.2, 0.25) is 0 Å². The molecule has 116 valence electrons. The second kappa shape index (κ2) is 6.79. The van der Waals surface area contributed by atoms with Gasteiger partial charge in [-0.3, -0.25) is 20.2 Å². The van der Waals surface area contributed by atoms with Gasteiger partial charge in [0, 0.05) is 18.8 Å². The summed E-state index contributed by atoms with van der Waals surface area (Å²) in [6.07, 6.45) is 0. The van der Waals surface area contributed by atoms with E-state index < -0.39 is 23.9 Å². The van der Waals surface area contributed by atoms with Crippen LogP contribution in [0.25, 0.3) is 0 Å². The maximum Gasteiger partial charge on any atom is 0.328 e. The molecule has 8 nitrogen and oxygen atoms in total. The number of nitrogens with zero attached hydrogens (tertiary/aromatic N) is 3. The third-order valence-electron chi connectivity index (χ3n) is 3.24. The highest BCUT2D eigenvalue weighted by molar-refractivity contribution is 6.18. The monoisotopic (exact) mass is 303 g/mol. The maximum atomic E-state index is 11.5. The average Bonchev–Trinajstić information content (AvgIpc) is 2.49. The zero-order chi connectivity index (χ0) is 16.1. The predicted octanol–water partition coefficient (Wildman–Crippen LogP) is 1.35.